The number of rotatable bonds is 3. The average Bonchev–Trinajstić information content (AvgIpc) is 3.15. The smallest absolute Gasteiger partial charge is 0.274 e. The number of hydrogen-bond donors (Lipinski definition) is 1. The second kappa shape index (κ2) is 6.11. The number of nitrogens with one attached hydrogen (secondary N) is 1. The summed E-state index contributed by atoms with van der Waals surface area (Å²) in [5.41, 5.74) is 1.70. The molecule has 1 aliphatic heterocycles. The third-order valence-corrected chi connectivity index (χ3v) is 5.32. The van der Waals surface area contributed by atoms with Crippen molar-refractivity contribution in [3.8, 4) is 10.6 Å². The van der Waals surface area contributed by atoms with Gasteiger partial charge < -0.3 is 4.90 Å². The number of nitrogens with zero attached hydrogens (tertiary/aromatic N) is 2. The van der Waals surface area contributed by atoms with Crippen LogP contribution in [0.5, 0.6) is 0 Å². The molecule has 23 heavy (non-hydrogen) atoms. The standard InChI is InChI=1S/C18H25N3OS/c1-12-7-8-16(23-12)14-10-15(20-19-14)17(22)21-9-5-6-13(21)11-18(2,3)4/h7-8,10,13H,5-6,9,11H2,1-4H3,(H,19,20). The van der Waals surface area contributed by atoms with Crippen LogP contribution in [0, 0.1) is 12.3 Å². The molecular formula is C18H25N3OS. The van der Waals surface area contributed by atoms with E-state index < -0.39 is 0 Å². The van der Waals surface area contributed by atoms with E-state index in [0.29, 0.717) is 11.7 Å². The summed E-state index contributed by atoms with van der Waals surface area (Å²) in [6.07, 6.45) is 3.23. The largest absolute Gasteiger partial charge is 0.334 e. The maximum Gasteiger partial charge on any atom is 0.274 e. The highest BCUT2D eigenvalue weighted by molar-refractivity contribution is 7.15. The summed E-state index contributed by atoms with van der Waals surface area (Å²) < 4.78 is 0. The monoisotopic (exact) mass is 331 g/mol. The minimum Gasteiger partial charge on any atom is -0.334 e. The number of H-pyrrole nitrogens is 1. The van der Waals surface area contributed by atoms with Crippen LogP contribution in [0.25, 0.3) is 10.6 Å². The molecule has 0 saturated carbocycles. The first-order valence-electron chi connectivity index (χ1n) is 8.27. The van der Waals surface area contributed by atoms with Gasteiger partial charge in [-0.3, -0.25) is 9.89 Å². The Bertz CT molecular complexity index is 695. The van der Waals surface area contributed by atoms with Gasteiger partial charge in [0.2, 0.25) is 0 Å². The Morgan fingerprint density at radius 2 is 2.22 bits per heavy atom. The lowest BCUT2D eigenvalue weighted by Gasteiger charge is -2.29. The normalized spacial score (nSPS) is 18.6. The third kappa shape index (κ3) is 3.66. The quantitative estimate of drug-likeness (QED) is 0.901. The summed E-state index contributed by atoms with van der Waals surface area (Å²) in [4.78, 5) is 17.2. The van der Waals surface area contributed by atoms with Crippen LogP contribution in [0.4, 0.5) is 0 Å². The summed E-state index contributed by atoms with van der Waals surface area (Å²) in [6.45, 7) is 9.64. The Morgan fingerprint density at radius 3 is 2.87 bits per heavy atom. The van der Waals surface area contributed by atoms with E-state index >= 15 is 0 Å². The van der Waals surface area contributed by atoms with Crippen molar-refractivity contribution in [2.24, 2.45) is 5.41 Å². The average molecular weight is 331 g/mol. The molecule has 0 radical (unpaired) electrons. The molecule has 1 atom stereocenters. The molecule has 4 nitrogen and oxygen atoms in total. The fourth-order valence-electron chi connectivity index (χ4n) is 3.31. The van der Waals surface area contributed by atoms with E-state index in [0.717, 1.165) is 36.4 Å². The number of amides is 1. The molecule has 2 aromatic rings. The Hall–Kier alpha value is -1.62. The molecule has 3 heterocycles. The number of aromatic nitrogens is 2. The van der Waals surface area contributed by atoms with Gasteiger partial charge in [0.15, 0.2) is 5.69 Å². The van der Waals surface area contributed by atoms with E-state index in [-0.39, 0.29) is 11.3 Å². The number of thiophene rings is 1. The van der Waals surface area contributed by atoms with Gasteiger partial charge >= 0.3 is 0 Å². The van der Waals surface area contributed by atoms with Gasteiger partial charge in [0.25, 0.3) is 5.91 Å². The molecule has 0 aromatic carbocycles. The van der Waals surface area contributed by atoms with Gasteiger partial charge in [-0.25, -0.2) is 0 Å². The highest BCUT2D eigenvalue weighted by Gasteiger charge is 2.33. The molecule has 1 N–H and O–H groups in total. The van der Waals surface area contributed by atoms with Crippen LogP contribution in [0.3, 0.4) is 0 Å². The van der Waals surface area contributed by atoms with Crippen molar-refractivity contribution < 1.29 is 4.79 Å². The molecule has 1 amide bonds. The first-order valence-corrected chi connectivity index (χ1v) is 9.08. The van der Waals surface area contributed by atoms with E-state index in [1.807, 2.05) is 11.0 Å². The molecule has 0 spiro atoms. The first kappa shape index (κ1) is 16.2. The molecule has 0 aliphatic carbocycles. The molecular weight excluding hydrogens is 306 g/mol. The maximum atomic E-state index is 12.8. The van der Waals surface area contributed by atoms with Crippen LogP contribution in [0.2, 0.25) is 0 Å². The lowest BCUT2D eigenvalue weighted by Crippen LogP contribution is -2.37. The van der Waals surface area contributed by atoms with E-state index in [9.17, 15) is 4.79 Å². The van der Waals surface area contributed by atoms with Gasteiger partial charge in [-0.1, -0.05) is 20.8 Å². The fraction of sp³-hybridized carbons (Fsp3) is 0.556. The van der Waals surface area contributed by atoms with Crippen LogP contribution < -0.4 is 0 Å². The van der Waals surface area contributed by atoms with Crippen molar-refractivity contribution in [2.45, 2.75) is 53.0 Å². The van der Waals surface area contributed by atoms with E-state index in [1.54, 1.807) is 11.3 Å². The molecule has 1 saturated heterocycles. The molecule has 1 unspecified atom stereocenters. The first-order chi connectivity index (χ1) is 10.8. The van der Waals surface area contributed by atoms with Crippen molar-refractivity contribution >= 4 is 17.2 Å². The number of carbonyl (C=O) groups is 1. The van der Waals surface area contributed by atoms with Crippen molar-refractivity contribution in [2.75, 3.05) is 6.54 Å². The van der Waals surface area contributed by atoms with E-state index in [2.05, 4.69) is 50.0 Å². The zero-order chi connectivity index (χ0) is 16.6. The second-order valence-corrected chi connectivity index (χ2v) is 8.92. The predicted octanol–water partition coefficient (Wildman–Crippen LogP) is 4.49. The predicted molar refractivity (Wildman–Crippen MR) is 94.8 cm³/mol. The highest BCUT2D eigenvalue weighted by atomic mass is 32.1. The van der Waals surface area contributed by atoms with Gasteiger partial charge in [-0.05, 0) is 49.8 Å². The molecule has 0 bridgehead atoms. The summed E-state index contributed by atoms with van der Waals surface area (Å²) in [5, 5.41) is 7.28. The molecule has 124 valence electrons. The maximum absolute atomic E-state index is 12.8. The molecule has 1 fully saturated rings. The topological polar surface area (TPSA) is 49.0 Å². The minimum absolute atomic E-state index is 0.0625. The van der Waals surface area contributed by atoms with Gasteiger partial charge in [-0.15, -0.1) is 11.3 Å². The van der Waals surface area contributed by atoms with Crippen molar-refractivity contribution in [1.29, 1.82) is 0 Å². The number of aromatic amines is 1. The van der Waals surface area contributed by atoms with Crippen molar-refractivity contribution in [1.82, 2.24) is 15.1 Å². The lowest BCUT2D eigenvalue weighted by atomic mass is 9.87. The van der Waals surface area contributed by atoms with Crippen LogP contribution in [-0.4, -0.2) is 33.6 Å². The summed E-state index contributed by atoms with van der Waals surface area (Å²) in [7, 11) is 0. The van der Waals surface area contributed by atoms with Crippen LogP contribution >= 0.6 is 11.3 Å². The van der Waals surface area contributed by atoms with Gasteiger partial charge in [0, 0.05) is 17.5 Å². The van der Waals surface area contributed by atoms with Crippen molar-refractivity contribution in [3.63, 3.8) is 0 Å². The number of hydrogen-bond acceptors (Lipinski definition) is 3. The number of aryl methyl sites for hydroxylation is 1. The lowest BCUT2D eigenvalue weighted by molar-refractivity contribution is 0.0698. The van der Waals surface area contributed by atoms with Crippen molar-refractivity contribution in [3.05, 3.63) is 28.8 Å². The molecule has 3 rings (SSSR count). The van der Waals surface area contributed by atoms with E-state index in [4.69, 9.17) is 0 Å². The Kier molecular flexibility index (Phi) is 4.32. The van der Waals surface area contributed by atoms with Crippen LogP contribution in [0.1, 0.15) is 55.4 Å². The fourth-order valence-corrected chi connectivity index (χ4v) is 4.14. The third-order valence-electron chi connectivity index (χ3n) is 4.29. The molecule has 5 heteroatoms. The number of carbonyl (C=O) groups excluding carboxylic acids is 1. The Labute approximate surface area is 141 Å². The highest BCUT2D eigenvalue weighted by Crippen LogP contribution is 2.31. The summed E-state index contributed by atoms with van der Waals surface area (Å²) in [5.74, 6) is 0.0625. The van der Waals surface area contributed by atoms with Gasteiger partial charge in [-0.2, -0.15) is 5.10 Å². The zero-order valence-corrected chi connectivity index (χ0v) is 15.2. The summed E-state index contributed by atoms with van der Waals surface area (Å²) >= 11 is 1.71. The minimum atomic E-state index is 0.0625. The summed E-state index contributed by atoms with van der Waals surface area (Å²) in [6, 6.07) is 6.38. The second-order valence-electron chi connectivity index (χ2n) is 7.64. The zero-order valence-electron chi connectivity index (χ0n) is 14.3. The van der Waals surface area contributed by atoms with Crippen LogP contribution in [-0.2, 0) is 0 Å². The molecule has 2 aromatic heterocycles. The SMILES string of the molecule is Cc1ccc(-c2cc(C(=O)N3CCCC3CC(C)(C)C)n[nH]2)s1. The van der Waals surface area contributed by atoms with Gasteiger partial charge in [0.05, 0.1) is 10.6 Å². The van der Waals surface area contributed by atoms with E-state index in [1.165, 1.54) is 4.88 Å². The molecule has 1 aliphatic rings. The Balaban J connectivity index is 1.76. The number of likely N-dealkylation sites (tertiary alicyclic amines) is 1. The van der Waals surface area contributed by atoms with Crippen LogP contribution in [0.15, 0.2) is 18.2 Å². The Morgan fingerprint density at radius 1 is 1.43 bits per heavy atom. The van der Waals surface area contributed by atoms with Gasteiger partial charge in [0.1, 0.15) is 0 Å².